The molecule has 0 fully saturated rings. The Hall–Kier alpha value is -2.59. The molecule has 0 bridgehead atoms. The summed E-state index contributed by atoms with van der Waals surface area (Å²) >= 11 is 5.90. The molecule has 0 aliphatic rings. The van der Waals surface area contributed by atoms with Crippen molar-refractivity contribution in [3.63, 3.8) is 0 Å². The highest BCUT2D eigenvalue weighted by molar-refractivity contribution is 6.30. The Labute approximate surface area is 147 Å². The minimum atomic E-state index is 0.690. The molecule has 0 saturated carbocycles. The van der Waals surface area contributed by atoms with Crippen LogP contribution in [0.25, 0.3) is 0 Å². The molecule has 2 aromatic carbocycles. The topological polar surface area (TPSA) is 41.1 Å². The van der Waals surface area contributed by atoms with Crippen LogP contribution in [0.1, 0.15) is 11.1 Å². The summed E-state index contributed by atoms with van der Waals surface area (Å²) in [4.78, 5) is 11.0. The summed E-state index contributed by atoms with van der Waals surface area (Å²) in [6, 6.07) is 19.9. The molecule has 0 saturated heterocycles. The minimum Gasteiger partial charge on any atom is -0.366 e. The van der Waals surface area contributed by atoms with E-state index in [4.69, 9.17) is 11.6 Å². The second-order valence-electron chi connectivity index (χ2n) is 5.56. The van der Waals surface area contributed by atoms with E-state index in [0.29, 0.717) is 12.5 Å². The van der Waals surface area contributed by atoms with Crippen molar-refractivity contribution >= 4 is 23.4 Å². The van der Waals surface area contributed by atoms with Crippen molar-refractivity contribution in [1.82, 2.24) is 9.97 Å². The Kier molecular flexibility index (Phi) is 5.29. The molecule has 1 heterocycles. The van der Waals surface area contributed by atoms with Gasteiger partial charge in [-0.2, -0.15) is 4.98 Å². The summed E-state index contributed by atoms with van der Waals surface area (Å²) in [5, 5.41) is 4.06. The van der Waals surface area contributed by atoms with Crippen LogP contribution in [0.2, 0.25) is 5.02 Å². The summed E-state index contributed by atoms with van der Waals surface area (Å²) in [5.41, 5.74) is 2.38. The number of hydrogen-bond acceptors (Lipinski definition) is 4. The molecule has 122 valence electrons. The first kappa shape index (κ1) is 16.3. The van der Waals surface area contributed by atoms with Crippen molar-refractivity contribution in [2.45, 2.75) is 13.1 Å². The van der Waals surface area contributed by atoms with E-state index in [-0.39, 0.29) is 0 Å². The highest BCUT2D eigenvalue weighted by atomic mass is 35.5. The van der Waals surface area contributed by atoms with Crippen LogP contribution in [-0.2, 0) is 13.1 Å². The van der Waals surface area contributed by atoms with Crippen LogP contribution >= 0.6 is 11.6 Å². The van der Waals surface area contributed by atoms with Gasteiger partial charge in [0.25, 0.3) is 0 Å². The average Bonchev–Trinajstić information content (AvgIpc) is 2.62. The van der Waals surface area contributed by atoms with Gasteiger partial charge in [-0.05, 0) is 29.3 Å². The molecule has 5 heteroatoms. The van der Waals surface area contributed by atoms with Gasteiger partial charge in [0.2, 0.25) is 5.95 Å². The summed E-state index contributed by atoms with van der Waals surface area (Å²) in [5.74, 6) is 1.50. The second kappa shape index (κ2) is 7.79. The lowest BCUT2D eigenvalue weighted by atomic mass is 10.2. The Morgan fingerprint density at radius 2 is 1.71 bits per heavy atom. The van der Waals surface area contributed by atoms with Gasteiger partial charge in [-0.25, -0.2) is 4.98 Å². The number of halogens is 1. The van der Waals surface area contributed by atoms with Crippen LogP contribution in [0.4, 0.5) is 11.8 Å². The number of rotatable bonds is 6. The lowest BCUT2D eigenvalue weighted by molar-refractivity contribution is 0.865. The van der Waals surface area contributed by atoms with Gasteiger partial charge in [0.1, 0.15) is 5.82 Å². The van der Waals surface area contributed by atoms with Crippen molar-refractivity contribution < 1.29 is 0 Å². The Morgan fingerprint density at radius 1 is 0.958 bits per heavy atom. The third-order valence-corrected chi connectivity index (χ3v) is 3.89. The van der Waals surface area contributed by atoms with E-state index in [2.05, 4.69) is 27.4 Å². The molecule has 0 amide bonds. The predicted molar refractivity (Wildman–Crippen MR) is 99.4 cm³/mol. The summed E-state index contributed by atoms with van der Waals surface area (Å²) in [6.07, 6.45) is 1.77. The third kappa shape index (κ3) is 4.46. The van der Waals surface area contributed by atoms with Crippen molar-refractivity contribution in [3.8, 4) is 0 Å². The normalized spacial score (nSPS) is 10.4. The number of hydrogen-bond donors (Lipinski definition) is 1. The monoisotopic (exact) mass is 338 g/mol. The summed E-state index contributed by atoms with van der Waals surface area (Å²) < 4.78 is 0. The van der Waals surface area contributed by atoms with Gasteiger partial charge in [0.05, 0.1) is 0 Å². The van der Waals surface area contributed by atoms with Crippen molar-refractivity contribution in [1.29, 1.82) is 0 Å². The quantitative estimate of drug-likeness (QED) is 0.724. The first-order chi connectivity index (χ1) is 11.7. The Balaban J connectivity index is 1.64. The van der Waals surface area contributed by atoms with Gasteiger partial charge >= 0.3 is 0 Å². The van der Waals surface area contributed by atoms with Crippen LogP contribution in [0, 0.1) is 0 Å². The maximum Gasteiger partial charge on any atom is 0.227 e. The van der Waals surface area contributed by atoms with E-state index in [9.17, 15) is 0 Å². The molecule has 1 aromatic heterocycles. The van der Waals surface area contributed by atoms with E-state index in [0.717, 1.165) is 22.9 Å². The van der Waals surface area contributed by atoms with Crippen LogP contribution in [-0.4, -0.2) is 17.0 Å². The molecule has 0 atom stereocenters. The van der Waals surface area contributed by atoms with Crippen LogP contribution in [0.3, 0.4) is 0 Å². The van der Waals surface area contributed by atoms with E-state index in [1.54, 1.807) is 6.20 Å². The molecule has 0 spiro atoms. The third-order valence-electron chi connectivity index (χ3n) is 3.63. The van der Waals surface area contributed by atoms with Crippen molar-refractivity contribution in [2.24, 2.45) is 0 Å². The number of aromatic nitrogens is 2. The van der Waals surface area contributed by atoms with Crippen LogP contribution in [0.5, 0.6) is 0 Å². The van der Waals surface area contributed by atoms with E-state index in [1.165, 1.54) is 5.56 Å². The van der Waals surface area contributed by atoms with E-state index in [1.807, 2.05) is 60.5 Å². The first-order valence-electron chi connectivity index (χ1n) is 7.77. The molecule has 0 aliphatic heterocycles. The van der Waals surface area contributed by atoms with Gasteiger partial charge in [-0.15, -0.1) is 0 Å². The fourth-order valence-corrected chi connectivity index (χ4v) is 2.48. The smallest absolute Gasteiger partial charge is 0.227 e. The summed E-state index contributed by atoms with van der Waals surface area (Å²) in [7, 11) is 1.99. The highest BCUT2D eigenvalue weighted by Crippen LogP contribution is 2.14. The van der Waals surface area contributed by atoms with Crippen LogP contribution < -0.4 is 10.2 Å². The molecule has 4 nitrogen and oxygen atoms in total. The molecule has 1 N–H and O–H groups in total. The maximum atomic E-state index is 5.90. The number of anilines is 2. The standard InChI is InChI=1S/C19H19ClN4/c1-24(14-16-5-3-2-4-6-16)19-21-12-11-18(23-19)22-13-15-7-9-17(20)10-8-15/h2-12H,13-14H2,1H3,(H,21,22,23). The lowest BCUT2D eigenvalue weighted by Gasteiger charge is -2.17. The fourth-order valence-electron chi connectivity index (χ4n) is 2.35. The number of benzene rings is 2. The molecular formula is C19H19ClN4. The molecule has 0 aliphatic carbocycles. The van der Waals surface area contributed by atoms with Gasteiger partial charge < -0.3 is 10.2 Å². The number of nitrogens with zero attached hydrogens (tertiary/aromatic N) is 3. The van der Waals surface area contributed by atoms with E-state index < -0.39 is 0 Å². The van der Waals surface area contributed by atoms with Gasteiger partial charge in [-0.3, -0.25) is 0 Å². The zero-order valence-electron chi connectivity index (χ0n) is 13.5. The Morgan fingerprint density at radius 3 is 2.46 bits per heavy atom. The van der Waals surface area contributed by atoms with E-state index >= 15 is 0 Å². The molecule has 24 heavy (non-hydrogen) atoms. The maximum absolute atomic E-state index is 5.90. The summed E-state index contributed by atoms with van der Waals surface area (Å²) in [6.45, 7) is 1.46. The molecule has 0 radical (unpaired) electrons. The highest BCUT2D eigenvalue weighted by Gasteiger charge is 2.06. The predicted octanol–water partition coefficient (Wildman–Crippen LogP) is 4.38. The van der Waals surface area contributed by atoms with Gasteiger partial charge in [0.15, 0.2) is 0 Å². The van der Waals surface area contributed by atoms with Gasteiger partial charge in [0, 0.05) is 31.4 Å². The lowest BCUT2D eigenvalue weighted by Crippen LogP contribution is -2.19. The largest absolute Gasteiger partial charge is 0.366 e. The number of nitrogens with one attached hydrogen (secondary N) is 1. The zero-order valence-corrected chi connectivity index (χ0v) is 14.2. The molecule has 3 rings (SSSR count). The molecule has 0 unspecified atom stereocenters. The Bertz CT molecular complexity index is 775. The van der Waals surface area contributed by atoms with Gasteiger partial charge in [-0.1, -0.05) is 54.1 Å². The SMILES string of the molecule is CN(Cc1ccccc1)c1nccc(NCc2ccc(Cl)cc2)n1. The van der Waals surface area contributed by atoms with Crippen molar-refractivity contribution in [2.75, 3.05) is 17.3 Å². The molecular weight excluding hydrogens is 320 g/mol. The first-order valence-corrected chi connectivity index (χ1v) is 8.15. The second-order valence-corrected chi connectivity index (χ2v) is 6.00. The zero-order chi connectivity index (χ0) is 16.8. The fraction of sp³-hybridized carbons (Fsp3) is 0.158. The average molecular weight is 339 g/mol. The minimum absolute atomic E-state index is 0.690. The van der Waals surface area contributed by atoms with Crippen molar-refractivity contribution in [3.05, 3.63) is 83.0 Å². The molecule has 3 aromatic rings. The van der Waals surface area contributed by atoms with Crippen LogP contribution in [0.15, 0.2) is 66.9 Å².